The van der Waals surface area contributed by atoms with Crippen molar-refractivity contribution in [2.75, 3.05) is 6.54 Å². The summed E-state index contributed by atoms with van der Waals surface area (Å²) in [5.41, 5.74) is -1.33. The van der Waals surface area contributed by atoms with Crippen LogP contribution in [0.5, 0.6) is 0 Å². The molecule has 0 fully saturated rings. The summed E-state index contributed by atoms with van der Waals surface area (Å²) in [6.07, 6.45) is 0.551. The number of hydrogen-bond acceptors (Lipinski definition) is 5. The molecule has 0 saturated carbocycles. The predicted octanol–water partition coefficient (Wildman–Crippen LogP) is 4.17. The van der Waals surface area contributed by atoms with Gasteiger partial charge in [-0.25, -0.2) is 4.79 Å². The number of benzene rings is 1. The van der Waals surface area contributed by atoms with Crippen LogP contribution in [-0.4, -0.2) is 34.6 Å². The highest BCUT2D eigenvalue weighted by Gasteiger charge is 2.30. The molecule has 1 rings (SSSR count). The fourth-order valence-electron chi connectivity index (χ4n) is 2.38. The summed E-state index contributed by atoms with van der Waals surface area (Å²) in [6, 6.07) is 4.19. The summed E-state index contributed by atoms with van der Waals surface area (Å²) in [5.74, 6) is -0.444. The van der Waals surface area contributed by atoms with Crippen LogP contribution in [0.15, 0.2) is 22.7 Å². The molecule has 0 aliphatic carbocycles. The molecule has 2 N–H and O–H groups in total. The Hall–Kier alpha value is -2.16. The van der Waals surface area contributed by atoms with E-state index in [-0.39, 0.29) is 17.8 Å². The minimum Gasteiger partial charge on any atom is -0.444 e. The van der Waals surface area contributed by atoms with Gasteiger partial charge in [-0.05, 0) is 61.7 Å². The van der Waals surface area contributed by atoms with Gasteiger partial charge in [0.15, 0.2) is 0 Å². The number of carbonyl (C=O) groups is 2. The lowest BCUT2D eigenvalue weighted by Gasteiger charge is -2.33. The lowest BCUT2D eigenvalue weighted by atomic mass is 9.92. The molecule has 8 nitrogen and oxygen atoms in total. The largest absolute Gasteiger partial charge is 0.444 e. The number of carbonyl (C=O) groups excluding carboxylic acids is 2. The molecular weight excluding hydrogens is 418 g/mol. The van der Waals surface area contributed by atoms with Crippen molar-refractivity contribution in [2.24, 2.45) is 0 Å². The predicted molar refractivity (Wildman–Crippen MR) is 106 cm³/mol. The van der Waals surface area contributed by atoms with E-state index in [1.807, 2.05) is 13.8 Å². The van der Waals surface area contributed by atoms with Gasteiger partial charge < -0.3 is 15.4 Å². The minimum absolute atomic E-state index is 0.174. The molecule has 0 unspecified atom stereocenters. The van der Waals surface area contributed by atoms with Gasteiger partial charge >= 0.3 is 6.09 Å². The first-order valence-electron chi connectivity index (χ1n) is 8.66. The molecule has 27 heavy (non-hydrogen) atoms. The van der Waals surface area contributed by atoms with Gasteiger partial charge in [-0.2, -0.15) is 0 Å². The van der Waals surface area contributed by atoms with Gasteiger partial charge in [-0.1, -0.05) is 13.8 Å². The molecule has 2 amide bonds. The van der Waals surface area contributed by atoms with Crippen LogP contribution >= 0.6 is 15.9 Å². The van der Waals surface area contributed by atoms with Gasteiger partial charge in [0.25, 0.3) is 11.6 Å². The van der Waals surface area contributed by atoms with Crippen LogP contribution in [-0.2, 0) is 4.74 Å². The van der Waals surface area contributed by atoms with Crippen molar-refractivity contribution in [3.63, 3.8) is 0 Å². The van der Waals surface area contributed by atoms with Gasteiger partial charge in [0.1, 0.15) is 5.60 Å². The van der Waals surface area contributed by atoms with Crippen molar-refractivity contribution in [3.05, 3.63) is 38.3 Å². The minimum atomic E-state index is -0.699. The second-order valence-corrected chi connectivity index (χ2v) is 8.07. The van der Waals surface area contributed by atoms with E-state index in [4.69, 9.17) is 4.74 Å². The van der Waals surface area contributed by atoms with E-state index < -0.39 is 28.1 Å². The third kappa shape index (κ3) is 6.82. The summed E-state index contributed by atoms with van der Waals surface area (Å²) >= 11 is 3.10. The molecule has 0 aliphatic rings. The number of alkyl carbamates (subject to hydrolysis) is 1. The normalized spacial score (nSPS) is 11.6. The Morgan fingerprint density at radius 2 is 1.81 bits per heavy atom. The second-order valence-electron chi connectivity index (χ2n) is 7.22. The standard InChI is InChI=1S/C18H26BrN3O5/c1-6-18(7-2,11-20-16(24)27-17(3,4)5)21-15(23)12-8-9-13(19)14(10-12)22(25)26/h8-10H,6-7,11H2,1-5H3,(H,20,24)(H,21,23). The number of ether oxygens (including phenoxy) is 1. The van der Waals surface area contributed by atoms with Gasteiger partial charge in [-0.3, -0.25) is 14.9 Å². The van der Waals surface area contributed by atoms with Crippen molar-refractivity contribution < 1.29 is 19.2 Å². The van der Waals surface area contributed by atoms with Crippen LogP contribution in [0.3, 0.4) is 0 Å². The van der Waals surface area contributed by atoms with Crippen molar-refractivity contribution in [2.45, 2.75) is 58.6 Å². The topological polar surface area (TPSA) is 111 Å². The van der Waals surface area contributed by atoms with E-state index in [9.17, 15) is 19.7 Å². The second kappa shape index (κ2) is 9.16. The lowest BCUT2D eigenvalue weighted by molar-refractivity contribution is -0.385. The smallest absolute Gasteiger partial charge is 0.407 e. The van der Waals surface area contributed by atoms with Crippen LogP contribution in [0.1, 0.15) is 57.8 Å². The molecule has 0 bridgehead atoms. The number of hydrogen-bond donors (Lipinski definition) is 2. The molecular formula is C18H26BrN3O5. The summed E-state index contributed by atoms with van der Waals surface area (Å²) < 4.78 is 5.52. The van der Waals surface area contributed by atoms with Crippen LogP contribution in [0.25, 0.3) is 0 Å². The maximum absolute atomic E-state index is 12.6. The Bertz CT molecular complexity index is 711. The first-order valence-corrected chi connectivity index (χ1v) is 9.45. The van der Waals surface area contributed by atoms with Crippen LogP contribution in [0.2, 0.25) is 0 Å². The Morgan fingerprint density at radius 3 is 2.30 bits per heavy atom. The van der Waals surface area contributed by atoms with Crippen molar-refractivity contribution >= 4 is 33.6 Å². The molecule has 0 spiro atoms. The molecule has 150 valence electrons. The number of nitro benzene ring substituents is 1. The number of halogens is 1. The Balaban J connectivity index is 2.92. The maximum atomic E-state index is 12.6. The fraction of sp³-hybridized carbons (Fsp3) is 0.556. The van der Waals surface area contributed by atoms with Gasteiger partial charge in [-0.15, -0.1) is 0 Å². The Kier molecular flexibility index (Phi) is 7.77. The molecule has 0 atom stereocenters. The molecule has 0 saturated heterocycles. The Morgan fingerprint density at radius 1 is 1.22 bits per heavy atom. The molecule has 0 radical (unpaired) electrons. The summed E-state index contributed by atoms with van der Waals surface area (Å²) in [7, 11) is 0. The SMILES string of the molecule is CCC(CC)(CNC(=O)OC(C)(C)C)NC(=O)c1ccc(Br)c([N+](=O)[O-])c1. The monoisotopic (exact) mass is 443 g/mol. The molecule has 0 aliphatic heterocycles. The van der Waals surface area contributed by atoms with E-state index in [0.29, 0.717) is 17.3 Å². The van der Waals surface area contributed by atoms with E-state index in [1.54, 1.807) is 20.8 Å². The number of amides is 2. The van der Waals surface area contributed by atoms with Crippen molar-refractivity contribution in [1.29, 1.82) is 0 Å². The van der Waals surface area contributed by atoms with Crippen LogP contribution in [0, 0.1) is 10.1 Å². The maximum Gasteiger partial charge on any atom is 0.407 e. The summed E-state index contributed by atoms with van der Waals surface area (Å²) in [4.78, 5) is 35.1. The fourth-order valence-corrected chi connectivity index (χ4v) is 2.77. The van der Waals surface area contributed by atoms with Gasteiger partial charge in [0.2, 0.25) is 0 Å². The zero-order valence-electron chi connectivity index (χ0n) is 16.2. The number of nitrogens with one attached hydrogen (secondary N) is 2. The quantitative estimate of drug-likeness (QED) is 0.485. The van der Waals surface area contributed by atoms with E-state index >= 15 is 0 Å². The molecule has 1 aromatic rings. The zero-order chi connectivity index (χ0) is 20.8. The van der Waals surface area contributed by atoms with Gasteiger partial charge in [0.05, 0.1) is 14.9 Å². The summed E-state index contributed by atoms with van der Waals surface area (Å²) in [5, 5.41) is 16.7. The highest BCUT2D eigenvalue weighted by molar-refractivity contribution is 9.10. The third-order valence-electron chi connectivity index (χ3n) is 4.11. The number of rotatable bonds is 7. The third-order valence-corrected chi connectivity index (χ3v) is 4.78. The highest BCUT2D eigenvalue weighted by atomic mass is 79.9. The average Bonchev–Trinajstić information content (AvgIpc) is 2.57. The lowest BCUT2D eigenvalue weighted by Crippen LogP contribution is -2.55. The number of nitrogens with zero attached hydrogens (tertiary/aromatic N) is 1. The number of nitro groups is 1. The average molecular weight is 444 g/mol. The summed E-state index contributed by atoms with van der Waals surface area (Å²) in [6.45, 7) is 9.26. The van der Waals surface area contributed by atoms with Crippen LogP contribution in [0.4, 0.5) is 10.5 Å². The highest BCUT2D eigenvalue weighted by Crippen LogP contribution is 2.26. The Labute approximate surface area is 167 Å². The van der Waals surface area contributed by atoms with Crippen LogP contribution < -0.4 is 10.6 Å². The van der Waals surface area contributed by atoms with E-state index in [2.05, 4.69) is 26.6 Å². The molecule has 9 heteroatoms. The van der Waals surface area contributed by atoms with E-state index in [0.717, 1.165) is 0 Å². The zero-order valence-corrected chi connectivity index (χ0v) is 17.8. The van der Waals surface area contributed by atoms with Gasteiger partial charge in [0, 0.05) is 18.2 Å². The van der Waals surface area contributed by atoms with Crippen molar-refractivity contribution in [1.82, 2.24) is 10.6 Å². The first kappa shape index (κ1) is 22.9. The molecule has 0 aromatic heterocycles. The molecule has 1 aromatic carbocycles. The first-order chi connectivity index (χ1) is 12.4. The molecule has 0 heterocycles. The van der Waals surface area contributed by atoms with Crippen molar-refractivity contribution in [3.8, 4) is 0 Å². The van der Waals surface area contributed by atoms with E-state index in [1.165, 1.54) is 18.2 Å².